The van der Waals surface area contributed by atoms with Crippen LogP contribution in [0.25, 0.3) is 0 Å². The zero-order valence-electron chi connectivity index (χ0n) is 18.0. The van der Waals surface area contributed by atoms with Crippen molar-refractivity contribution >= 4 is 11.3 Å². The van der Waals surface area contributed by atoms with E-state index in [4.69, 9.17) is 4.74 Å². The summed E-state index contributed by atoms with van der Waals surface area (Å²) in [4.78, 5) is 5.66. The van der Waals surface area contributed by atoms with Gasteiger partial charge in [-0.25, -0.2) is 0 Å². The minimum Gasteiger partial charge on any atom is -0.379 e. The van der Waals surface area contributed by atoms with Gasteiger partial charge in [-0.15, -0.1) is 11.3 Å². The highest BCUT2D eigenvalue weighted by Crippen LogP contribution is 2.30. The number of rotatable bonds is 10. The number of hydrogen-bond donors (Lipinski definition) is 0. The molecule has 3 rings (SSSR count). The van der Waals surface area contributed by atoms with Crippen molar-refractivity contribution in [3.05, 3.63) is 57.8 Å². The molecule has 1 saturated heterocycles. The molecule has 154 valence electrons. The van der Waals surface area contributed by atoms with E-state index in [0.29, 0.717) is 11.3 Å². The fraction of sp³-hybridized carbons (Fsp3) is 0.600. The molecule has 0 amide bonds. The normalized spacial score (nSPS) is 17.0. The van der Waals surface area contributed by atoms with Crippen molar-refractivity contribution in [2.75, 3.05) is 32.8 Å². The maximum absolute atomic E-state index is 5.46. The third-order valence-electron chi connectivity index (χ3n) is 6.17. The Morgan fingerprint density at radius 2 is 1.64 bits per heavy atom. The molecule has 0 aliphatic carbocycles. The lowest BCUT2D eigenvalue weighted by atomic mass is 9.84. The molecular weight excluding hydrogens is 362 g/mol. The predicted octanol–water partition coefficient (Wildman–Crippen LogP) is 6.17. The molecule has 1 atom stereocenters. The van der Waals surface area contributed by atoms with Gasteiger partial charge >= 0.3 is 0 Å². The lowest BCUT2D eigenvalue weighted by Gasteiger charge is -2.31. The maximum Gasteiger partial charge on any atom is 0.0594 e. The molecule has 3 heteroatoms. The van der Waals surface area contributed by atoms with Crippen LogP contribution in [0.3, 0.4) is 0 Å². The SMILES string of the molecule is CC(CCc1ccc(CCC(C)(C)CCN2CCOCC2)s1)c1ccccc1. The van der Waals surface area contributed by atoms with Crippen LogP contribution in [0, 0.1) is 5.41 Å². The molecule has 2 nitrogen and oxygen atoms in total. The molecule has 2 heterocycles. The largest absolute Gasteiger partial charge is 0.379 e. The van der Waals surface area contributed by atoms with Gasteiger partial charge in [0, 0.05) is 22.8 Å². The van der Waals surface area contributed by atoms with Crippen LogP contribution < -0.4 is 0 Å². The van der Waals surface area contributed by atoms with Crippen molar-refractivity contribution in [2.24, 2.45) is 5.41 Å². The standard InChI is InChI=1S/C25H37NOS/c1-21(22-7-5-4-6-8-22)9-10-23-11-12-24(28-23)13-14-25(2,3)15-16-26-17-19-27-20-18-26/h4-8,11-12,21H,9-10,13-20H2,1-3H3. The third kappa shape index (κ3) is 7.02. The van der Waals surface area contributed by atoms with Crippen LogP contribution in [0.1, 0.15) is 61.3 Å². The number of thiophene rings is 1. The molecule has 1 aliphatic rings. The van der Waals surface area contributed by atoms with E-state index in [1.807, 2.05) is 11.3 Å². The van der Waals surface area contributed by atoms with E-state index < -0.39 is 0 Å². The zero-order chi connectivity index (χ0) is 19.8. The van der Waals surface area contributed by atoms with Crippen LogP contribution in [0.5, 0.6) is 0 Å². The Morgan fingerprint density at radius 1 is 0.964 bits per heavy atom. The van der Waals surface area contributed by atoms with Crippen LogP contribution in [0.15, 0.2) is 42.5 Å². The van der Waals surface area contributed by atoms with Gasteiger partial charge in [0.15, 0.2) is 0 Å². The van der Waals surface area contributed by atoms with E-state index >= 15 is 0 Å². The number of morpholine rings is 1. The van der Waals surface area contributed by atoms with Crippen molar-refractivity contribution in [1.29, 1.82) is 0 Å². The lowest BCUT2D eigenvalue weighted by molar-refractivity contribution is 0.0323. The third-order valence-corrected chi connectivity index (χ3v) is 7.37. The fourth-order valence-corrected chi connectivity index (χ4v) is 4.90. The van der Waals surface area contributed by atoms with E-state index in [2.05, 4.69) is 68.1 Å². The minimum absolute atomic E-state index is 0.407. The van der Waals surface area contributed by atoms with E-state index in [9.17, 15) is 0 Å². The molecule has 0 bridgehead atoms. The Morgan fingerprint density at radius 3 is 2.36 bits per heavy atom. The van der Waals surface area contributed by atoms with Crippen molar-refractivity contribution in [3.8, 4) is 0 Å². The van der Waals surface area contributed by atoms with Crippen LogP contribution in [-0.4, -0.2) is 37.7 Å². The second-order valence-corrected chi connectivity index (χ2v) is 10.3. The van der Waals surface area contributed by atoms with Gasteiger partial charge in [-0.3, -0.25) is 4.90 Å². The first-order chi connectivity index (χ1) is 13.5. The van der Waals surface area contributed by atoms with Gasteiger partial charge in [0.05, 0.1) is 13.2 Å². The number of ether oxygens (including phenoxy) is 1. The zero-order valence-corrected chi connectivity index (χ0v) is 18.8. The Labute approximate surface area is 175 Å². The van der Waals surface area contributed by atoms with Gasteiger partial charge in [-0.1, -0.05) is 51.1 Å². The van der Waals surface area contributed by atoms with Gasteiger partial charge in [0.2, 0.25) is 0 Å². The minimum atomic E-state index is 0.407. The van der Waals surface area contributed by atoms with Crippen LogP contribution in [-0.2, 0) is 17.6 Å². The van der Waals surface area contributed by atoms with E-state index in [1.54, 1.807) is 9.75 Å². The molecule has 1 unspecified atom stereocenters. The quantitative estimate of drug-likeness (QED) is 0.474. The van der Waals surface area contributed by atoms with Crippen LogP contribution in [0.2, 0.25) is 0 Å². The van der Waals surface area contributed by atoms with E-state index in [1.165, 1.54) is 44.2 Å². The molecule has 0 radical (unpaired) electrons. The van der Waals surface area contributed by atoms with Crippen LogP contribution in [0.4, 0.5) is 0 Å². The van der Waals surface area contributed by atoms with Crippen molar-refractivity contribution in [1.82, 2.24) is 4.90 Å². The Kier molecular flexibility index (Phi) is 8.13. The molecule has 1 fully saturated rings. The number of benzene rings is 1. The first-order valence-corrected chi connectivity index (χ1v) is 11.8. The summed E-state index contributed by atoms with van der Waals surface area (Å²) >= 11 is 2.03. The number of hydrogen-bond acceptors (Lipinski definition) is 3. The van der Waals surface area contributed by atoms with Gasteiger partial charge < -0.3 is 4.74 Å². The maximum atomic E-state index is 5.46. The summed E-state index contributed by atoms with van der Waals surface area (Å²) in [5.74, 6) is 0.630. The Hall–Kier alpha value is -1.16. The molecular formula is C25H37NOS. The second kappa shape index (κ2) is 10.6. The summed E-state index contributed by atoms with van der Waals surface area (Å²) in [5, 5.41) is 0. The molecule has 1 aliphatic heterocycles. The molecule has 0 saturated carbocycles. The summed E-state index contributed by atoms with van der Waals surface area (Å²) in [6.07, 6.45) is 6.20. The molecule has 0 N–H and O–H groups in total. The van der Waals surface area contributed by atoms with Crippen molar-refractivity contribution in [2.45, 2.75) is 58.8 Å². The van der Waals surface area contributed by atoms with Gasteiger partial charge in [-0.2, -0.15) is 0 Å². The number of nitrogens with zero attached hydrogens (tertiary/aromatic N) is 1. The molecule has 1 aromatic heterocycles. The predicted molar refractivity (Wildman–Crippen MR) is 121 cm³/mol. The average Bonchev–Trinajstić information content (AvgIpc) is 3.19. The monoisotopic (exact) mass is 399 g/mol. The van der Waals surface area contributed by atoms with Crippen molar-refractivity contribution in [3.63, 3.8) is 0 Å². The number of aryl methyl sites for hydroxylation is 2. The topological polar surface area (TPSA) is 12.5 Å². The highest BCUT2D eigenvalue weighted by molar-refractivity contribution is 7.11. The summed E-state index contributed by atoms with van der Waals surface area (Å²) in [5.41, 5.74) is 1.87. The van der Waals surface area contributed by atoms with Gasteiger partial charge in [0.1, 0.15) is 0 Å². The molecule has 2 aromatic rings. The highest BCUT2D eigenvalue weighted by atomic mass is 32.1. The van der Waals surface area contributed by atoms with E-state index in [0.717, 1.165) is 26.3 Å². The Bertz CT molecular complexity index is 688. The summed E-state index contributed by atoms with van der Waals surface area (Å²) in [6, 6.07) is 15.6. The van der Waals surface area contributed by atoms with Gasteiger partial charge in [-0.05, 0) is 67.7 Å². The summed E-state index contributed by atoms with van der Waals surface area (Å²) < 4.78 is 5.46. The molecule has 1 aromatic carbocycles. The first-order valence-electron chi connectivity index (χ1n) is 10.9. The molecule has 28 heavy (non-hydrogen) atoms. The smallest absolute Gasteiger partial charge is 0.0594 e. The van der Waals surface area contributed by atoms with Crippen LogP contribution >= 0.6 is 11.3 Å². The second-order valence-electron chi connectivity index (χ2n) is 9.09. The lowest BCUT2D eigenvalue weighted by Crippen LogP contribution is -2.38. The van der Waals surface area contributed by atoms with Gasteiger partial charge in [0.25, 0.3) is 0 Å². The van der Waals surface area contributed by atoms with Crippen molar-refractivity contribution < 1.29 is 4.74 Å². The van der Waals surface area contributed by atoms with E-state index in [-0.39, 0.29) is 0 Å². The molecule has 0 spiro atoms. The average molecular weight is 400 g/mol. The highest BCUT2D eigenvalue weighted by Gasteiger charge is 2.20. The summed E-state index contributed by atoms with van der Waals surface area (Å²) in [7, 11) is 0. The first kappa shape index (κ1) is 21.5. The Balaban J connectivity index is 1.39. The fourth-order valence-electron chi connectivity index (χ4n) is 3.87. The summed E-state index contributed by atoms with van der Waals surface area (Å²) in [6.45, 7) is 12.4.